The van der Waals surface area contributed by atoms with Gasteiger partial charge in [-0.1, -0.05) is 6.58 Å². The quantitative estimate of drug-likeness (QED) is 0.434. The van der Waals surface area contributed by atoms with Crippen molar-refractivity contribution in [2.24, 2.45) is 0 Å². The summed E-state index contributed by atoms with van der Waals surface area (Å²) in [5.74, 6) is 4.71. The molecule has 1 aliphatic rings. The fraction of sp³-hybridized carbons (Fsp3) is 0.800. The predicted molar refractivity (Wildman–Crippen MR) is 72.8 cm³/mol. The van der Waals surface area contributed by atoms with Crippen molar-refractivity contribution in [1.82, 2.24) is 0 Å². The summed E-state index contributed by atoms with van der Waals surface area (Å²) in [6.45, 7) is 5.99. The van der Waals surface area contributed by atoms with E-state index in [9.17, 15) is 5.11 Å². The highest BCUT2D eigenvalue weighted by Crippen LogP contribution is 2.33. The molecule has 1 unspecified atom stereocenters. The molecule has 1 heterocycles. The molecule has 0 aromatic heterocycles. The second-order valence-corrected chi connectivity index (χ2v) is 7.39. The smallest absolute Gasteiger partial charge is 0.176 e. The molecule has 5 heteroatoms. The fourth-order valence-corrected chi connectivity index (χ4v) is 5.22. The highest BCUT2D eigenvalue weighted by Gasteiger charge is 2.15. The summed E-state index contributed by atoms with van der Waals surface area (Å²) in [5, 5.41) is 9.30. The molecule has 0 spiro atoms. The Labute approximate surface area is 105 Å². The van der Waals surface area contributed by atoms with Crippen molar-refractivity contribution in [3.8, 4) is 0 Å². The Morgan fingerprint density at radius 2 is 2.27 bits per heavy atom. The van der Waals surface area contributed by atoms with E-state index in [1.807, 2.05) is 35.3 Å². The number of hydrogen-bond acceptors (Lipinski definition) is 5. The maximum absolute atomic E-state index is 9.30. The van der Waals surface area contributed by atoms with Gasteiger partial charge in [-0.05, 0) is 12.5 Å². The number of hydrogen-bond donors (Lipinski definition) is 1. The van der Waals surface area contributed by atoms with Crippen LogP contribution in [0.15, 0.2) is 12.2 Å². The summed E-state index contributed by atoms with van der Waals surface area (Å²) in [7, 11) is 0. The summed E-state index contributed by atoms with van der Waals surface area (Å²) in [6.07, 6.45) is -0.791. The second kappa shape index (κ2) is 7.90. The molecule has 0 saturated carbocycles. The highest BCUT2D eigenvalue weighted by atomic mass is 32.2. The lowest BCUT2D eigenvalue weighted by Gasteiger charge is -2.12. The minimum Gasteiger partial charge on any atom is -0.364 e. The SMILES string of the molecule is C=C(C)C(O)OCCSCC1SCCS1. The number of aliphatic hydroxyl groups is 1. The minimum atomic E-state index is -0.791. The van der Waals surface area contributed by atoms with Crippen molar-refractivity contribution >= 4 is 35.3 Å². The Kier molecular flexibility index (Phi) is 7.25. The Morgan fingerprint density at radius 1 is 1.60 bits per heavy atom. The van der Waals surface area contributed by atoms with E-state index in [-0.39, 0.29) is 0 Å². The van der Waals surface area contributed by atoms with Crippen LogP contribution in [0.2, 0.25) is 0 Å². The van der Waals surface area contributed by atoms with Gasteiger partial charge >= 0.3 is 0 Å². The van der Waals surface area contributed by atoms with E-state index in [2.05, 4.69) is 6.58 Å². The number of thioether (sulfide) groups is 3. The summed E-state index contributed by atoms with van der Waals surface area (Å²) in [4.78, 5) is 0. The summed E-state index contributed by atoms with van der Waals surface area (Å²) in [6, 6.07) is 0. The van der Waals surface area contributed by atoms with E-state index in [0.29, 0.717) is 12.2 Å². The van der Waals surface area contributed by atoms with Crippen LogP contribution in [0.4, 0.5) is 0 Å². The van der Waals surface area contributed by atoms with Crippen LogP contribution in [-0.2, 0) is 4.74 Å². The van der Waals surface area contributed by atoms with Gasteiger partial charge in [0.1, 0.15) is 0 Å². The lowest BCUT2D eigenvalue weighted by molar-refractivity contribution is -0.0655. The van der Waals surface area contributed by atoms with Crippen molar-refractivity contribution < 1.29 is 9.84 Å². The summed E-state index contributed by atoms with van der Waals surface area (Å²) < 4.78 is 5.95. The molecule has 15 heavy (non-hydrogen) atoms. The molecular formula is C10H18O2S3. The van der Waals surface area contributed by atoms with Crippen molar-refractivity contribution in [1.29, 1.82) is 0 Å². The van der Waals surface area contributed by atoms with E-state index in [4.69, 9.17) is 4.74 Å². The van der Waals surface area contributed by atoms with Gasteiger partial charge in [0.2, 0.25) is 0 Å². The van der Waals surface area contributed by atoms with Crippen LogP contribution in [0.3, 0.4) is 0 Å². The third-order valence-electron chi connectivity index (χ3n) is 1.87. The zero-order valence-corrected chi connectivity index (χ0v) is 11.4. The topological polar surface area (TPSA) is 29.5 Å². The van der Waals surface area contributed by atoms with Gasteiger partial charge in [-0.3, -0.25) is 0 Å². The van der Waals surface area contributed by atoms with E-state index in [1.165, 1.54) is 17.3 Å². The number of rotatable bonds is 7. The molecule has 0 amide bonds. The van der Waals surface area contributed by atoms with E-state index in [0.717, 1.165) is 10.3 Å². The molecule has 0 bridgehead atoms. The number of ether oxygens (including phenoxy) is 1. The third-order valence-corrected chi connectivity index (χ3v) is 6.35. The maximum atomic E-state index is 9.30. The van der Waals surface area contributed by atoms with Crippen LogP contribution in [0.1, 0.15) is 6.92 Å². The fourth-order valence-electron chi connectivity index (χ4n) is 1.04. The summed E-state index contributed by atoms with van der Waals surface area (Å²) >= 11 is 6.00. The Morgan fingerprint density at radius 3 is 2.87 bits per heavy atom. The molecule has 0 aromatic rings. The average Bonchev–Trinajstić information content (AvgIpc) is 2.69. The number of aliphatic hydroxyl groups excluding tert-OH is 1. The van der Waals surface area contributed by atoms with E-state index >= 15 is 0 Å². The average molecular weight is 266 g/mol. The van der Waals surface area contributed by atoms with Gasteiger partial charge in [0.15, 0.2) is 6.29 Å². The molecule has 1 saturated heterocycles. The van der Waals surface area contributed by atoms with Crippen molar-refractivity contribution in [2.45, 2.75) is 17.8 Å². The molecule has 1 rings (SSSR count). The molecule has 1 fully saturated rings. The van der Waals surface area contributed by atoms with Gasteiger partial charge in [0, 0.05) is 23.0 Å². The van der Waals surface area contributed by atoms with Crippen LogP contribution in [0, 0.1) is 0 Å². The Balaban J connectivity index is 1.90. The molecule has 2 nitrogen and oxygen atoms in total. The third kappa shape index (κ3) is 6.12. The normalized spacial score (nSPS) is 19.3. The first kappa shape index (κ1) is 13.8. The second-order valence-electron chi connectivity index (χ2n) is 3.32. The Hall–Kier alpha value is 0.710. The first-order valence-electron chi connectivity index (χ1n) is 4.96. The van der Waals surface area contributed by atoms with Crippen LogP contribution >= 0.6 is 35.3 Å². The van der Waals surface area contributed by atoms with Crippen molar-refractivity contribution in [3.05, 3.63) is 12.2 Å². The van der Waals surface area contributed by atoms with Crippen LogP contribution < -0.4 is 0 Å². The largest absolute Gasteiger partial charge is 0.364 e. The standard InChI is InChI=1S/C10H18O2S3/c1-8(2)10(11)12-3-4-13-7-9-14-5-6-15-9/h9-11H,1,3-7H2,2H3. The van der Waals surface area contributed by atoms with Gasteiger partial charge in [-0.2, -0.15) is 11.8 Å². The monoisotopic (exact) mass is 266 g/mol. The zero-order chi connectivity index (χ0) is 11.1. The first-order valence-corrected chi connectivity index (χ1v) is 8.21. The molecule has 0 aromatic carbocycles. The lowest BCUT2D eigenvalue weighted by Crippen LogP contribution is -2.14. The molecule has 1 atom stereocenters. The van der Waals surface area contributed by atoms with Gasteiger partial charge in [0.05, 0.1) is 11.2 Å². The van der Waals surface area contributed by atoms with Crippen LogP contribution in [0.25, 0.3) is 0 Å². The van der Waals surface area contributed by atoms with Crippen molar-refractivity contribution in [3.63, 3.8) is 0 Å². The lowest BCUT2D eigenvalue weighted by atomic mass is 10.3. The van der Waals surface area contributed by atoms with Crippen LogP contribution in [0.5, 0.6) is 0 Å². The van der Waals surface area contributed by atoms with Gasteiger partial charge in [-0.25, -0.2) is 0 Å². The van der Waals surface area contributed by atoms with Crippen LogP contribution in [-0.4, -0.2) is 45.6 Å². The van der Waals surface area contributed by atoms with Gasteiger partial charge in [0.25, 0.3) is 0 Å². The van der Waals surface area contributed by atoms with Gasteiger partial charge < -0.3 is 9.84 Å². The molecule has 0 aliphatic carbocycles. The molecule has 1 N–H and O–H groups in total. The first-order chi connectivity index (χ1) is 7.20. The maximum Gasteiger partial charge on any atom is 0.176 e. The van der Waals surface area contributed by atoms with E-state index < -0.39 is 6.29 Å². The molecule has 88 valence electrons. The predicted octanol–water partition coefficient (Wildman–Crippen LogP) is 2.44. The van der Waals surface area contributed by atoms with Gasteiger partial charge in [-0.15, -0.1) is 23.5 Å². The highest BCUT2D eigenvalue weighted by molar-refractivity contribution is 8.21. The minimum absolute atomic E-state index is 0.598. The molecular weight excluding hydrogens is 248 g/mol. The Bertz CT molecular complexity index is 193. The van der Waals surface area contributed by atoms with E-state index in [1.54, 1.807) is 6.92 Å². The molecule has 1 aliphatic heterocycles. The molecule has 0 radical (unpaired) electrons. The van der Waals surface area contributed by atoms with Crippen molar-refractivity contribution in [2.75, 3.05) is 29.6 Å². The summed E-state index contributed by atoms with van der Waals surface area (Å²) in [5.41, 5.74) is 0.668. The zero-order valence-electron chi connectivity index (χ0n) is 8.98.